The highest BCUT2D eigenvalue weighted by atomic mass is 14.5. The molecule has 0 radical (unpaired) electrons. The monoisotopic (exact) mass is 160 g/mol. The largest absolute Gasteiger partial charge is 0.247 e. The van der Waals surface area contributed by atoms with E-state index in [0.29, 0.717) is 17.4 Å². The fourth-order valence-electron chi connectivity index (χ4n) is 3.01. The Kier molecular flexibility index (Phi) is 1.44. The summed E-state index contributed by atoms with van der Waals surface area (Å²) in [6.07, 6.45) is 2.76. The van der Waals surface area contributed by atoms with Crippen molar-refractivity contribution in [2.24, 2.45) is 11.3 Å². The minimum absolute atomic E-state index is 0.333. The molecule has 0 nitrogen and oxygen atoms in total. The van der Waals surface area contributed by atoms with Crippen LogP contribution in [-0.2, 0) is 0 Å². The molecule has 0 bridgehead atoms. The summed E-state index contributed by atoms with van der Waals surface area (Å²) >= 11 is 0. The molecule has 1 aliphatic heterocycles. The summed E-state index contributed by atoms with van der Waals surface area (Å²) in [5.41, 5.74) is 0.525. The van der Waals surface area contributed by atoms with Crippen LogP contribution in [0, 0.1) is 23.1 Å². The standard InChI is InChI=1S/C11H17B/c1-9-7-10(2,8-9)11(3)5-6-12(11)4/h9H,7-8H2,1-4H3/t9?,10?,11-/m1/s1. The summed E-state index contributed by atoms with van der Waals surface area (Å²) < 4.78 is 0. The van der Waals surface area contributed by atoms with Gasteiger partial charge in [0.25, 0.3) is 0 Å². The van der Waals surface area contributed by atoms with Crippen molar-refractivity contribution in [3.63, 3.8) is 0 Å². The SMILES string of the molecule is CB1C#C[C@]1(C)C1(C)CC(C)C1. The van der Waals surface area contributed by atoms with Crippen molar-refractivity contribution in [2.45, 2.75) is 45.8 Å². The summed E-state index contributed by atoms with van der Waals surface area (Å²) in [6, 6.07) is 0. The van der Waals surface area contributed by atoms with Crippen LogP contribution in [-0.4, -0.2) is 6.71 Å². The van der Waals surface area contributed by atoms with Crippen LogP contribution in [0.2, 0.25) is 12.1 Å². The Morgan fingerprint density at radius 2 is 1.92 bits per heavy atom. The molecule has 0 aromatic carbocycles. The summed E-state index contributed by atoms with van der Waals surface area (Å²) in [5, 5.41) is 0.333. The van der Waals surface area contributed by atoms with Crippen molar-refractivity contribution in [3.05, 3.63) is 0 Å². The Morgan fingerprint density at radius 1 is 1.33 bits per heavy atom. The highest BCUT2D eigenvalue weighted by molar-refractivity contribution is 6.74. The Balaban J connectivity index is 2.17. The third kappa shape index (κ3) is 0.763. The molecule has 0 aromatic heterocycles. The molecule has 1 aliphatic carbocycles. The summed E-state index contributed by atoms with van der Waals surface area (Å²) in [7, 11) is 0. The fourth-order valence-corrected chi connectivity index (χ4v) is 3.01. The van der Waals surface area contributed by atoms with Crippen LogP contribution in [0.3, 0.4) is 0 Å². The molecule has 12 heavy (non-hydrogen) atoms. The van der Waals surface area contributed by atoms with E-state index in [4.69, 9.17) is 0 Å². The Bertz CT molecular complexity index is 264. The van der Waals surface area contributed by atoms with Crippen molar-refractivity contribution >= 4 is 6.71 Å². The molecule has 64 valence electrons. The van der Waals surface area contributed by atoms with E-state index in [9.17, 15) is 0 Å². The average Bonchev–Trinajstić information content (AvgIpc) is 1.97. The molecule has 2 aliphatic rings. The highest BCUT2D eigenvalue weighted by Gasteiger charge is 2.56. The van der Waals surface area contributed by atoms with E-state index in [1.54, 1.807) is 0 Å². The van der Waals surface area contributed by atoms with Gasteiger partial charge >= 0.3 is 0 Å². The normalized spacial score (nSPS) is 50.3. The van der Waals surface area contributed by atoms with E-state index in [-0.39, 0.29) is 0 Å². The molecule has 0 saturated heterocycles. The van der Waals surface area contributed by atoms with Crippen molar-refractivity contribution in [1.82, 2.24) is 0 Å². The summed E-state index contributed by atoms with van der Waals surface area (Å²) in [6.45, 7) is 10.00. The molecule has 0 N–H and O–H groups in total. The predicted octanol–water partition coefficient (Wildman–Crippen LogP) is 2.86. The summed E-state index contributed by atoms with van der Waals surface area (Å²) in [5.74, 6) is 7.55. The quantitative estimate of drug-likeness (QED) is 0.408. The van der Waals surface area contributed by atoms with Gasteiger partial charge in [-0.2, -0.15) is 5.82 Å². The number of hydrogen-bond donors (Lipinski definition) is 0. The van der Waals surface area contributed by atoms with Gasteiger partial charge in [0.05, 0.1) is 0 Å². The van der Waals surface area contributed by atoms with E-state index in [1.807, 2.05) is 0 Å². The van der Waals surface area contributed by atoms with Crippen LogP contribution in [0.15, 0.2) is 0 Å². The molecule has 1 atom stereocenters. The highest BCUT2D eigenvalue weighted by Crippen LogP contribution is 2.63. The minimum atomic E-state index is 0.333. The third-order valence-electron chi connectivity index (χ3n) is 4.27. The molecule has 0 amide bonds. The minimum Gasteiger partial charge on any atom is -0.154 e. The average molecular weight is 160 g/mol. The van der Waals surface area contributed by atoms with E-state index >= 15 is 0 Å². The van der Waals surface area contributed by atoms with E-state index in [1.165, 1.54) is 12.8 Å². The first kappa shape index (κ1) is 8.23. The van der Waals surface area contributed by atoms with Gasteiger partial charge in [0.1, 0.15) is 0 Å². The second kappa shape index (κ2) is 2.10. The smallest absolute Gasteiger partial charge is 0.154 e. The van der Waals surface area contributed by atoms with Gasteiger partial charge in [-0.15, -0.1) is 5.92 Å². The second-order valence-corrected chi connectivity index (χ2v) is 5.27. The Labute approximate surface area is 76.2 Å². The Hall–Kier alpha value is -0.375. The van der Waals surface area contributed by atoms with Gasteiger partial charge in [0, 0.05) is 5.31 Å². The van der Waals surface area contributed by atoms with E-state index in [0.717, 1.165) is 5.92 Å². The molecule has 1 fully saturated rings. The van der Waals surface area contributed by atoms with Gasteiger partial charge in [-0.1, -0.05) is 27.6 Å². The van der Waals surface area contributed by atoms with Crippen LogP contribution in [0.4, 0.5) is 0 Å². The lowest BCUT2D eigenvalue weighted by molar-refractivity contribution is 0.0570. The van der Waals surface area contributed by atoms with Gasteiger partial charge in [-0.3, -0.25) is 0 Å². The van der Waals surface area contributed by atoms with Gasteiger partial charge in [-0.25, -0.2) is 0 Å². The van der Waals surface area contributed by atoms with Gasteiger partial charge < -0.3 is 0 Å². The maximum Gasteiger partial charge on any atom is 0.247 e. The van der Waals surface area contributed by atoms with Crippen LogP contribution in [0.25, 0.3) is 0 Å². The molecule has 0 unspecified atom stereocenters. The van der Waals surface area contributed by atoms with Crippen LogP contribution >= 0.6 is 0 Å². The molecular formula is C11H17B. The first-order valence-corrected chi connectivity index (χ1v) is 5.01. The predicted molar refractivity (Wildman–Crippen MR) is 54.3 cm³/mol. The molecule has 1 heterocycles. The third-order valence-corrected chi connectivity index (χ3v) is 4.27. The Morgan fingerprint density at radius 3 is 2.17 bits per heavy atom. The zero-order valence-electron chi connectivity index (χ0n) is 8.57. The topological polar surface area (TPSA) is 0 Å². The molecule has 0 aromatic rings. The summed E-state index contributed by atoms with van der Waals surface area (Å²) in [4.78, 5) is 0. The number of hydrogen-bond acceptors (Lipinski definition) is 0. The zero-order valence-corrected chi connectivity index (χ0v) is 8.57. The molecule has 0 spiro atoms. The molecular weight excluding hydrogens is 143 g/mol. The molecule has 1 heteroatoms. The van der Waals surface area contributed by atoms with Gasteiger partial charge in [-0.05, 0) is 24.2 Å². The van der Waals surface area contributed by atoms with E-state index in [2.05, 4.69) is 39.3 Å². The van der Waals surface area contributed by atoms with E-state index < -0.39 is 0 Å². The maximum atomic E-state index is 3.38. The lowest BCUT2D eigenvalue weighted by Crippen LogP contribution is -2.51. The maximum absolute atomic E-state index is 3.38. The molecule has 1 saturated carbocycles. The first-order valence-electron chi connectivity index (χ1n) is 5.01. The van der Waals surface area contributed by atoms with Crippen molar-refractivity contribution in [2.75, 3.05) is 0 Å². The fraction of sp³-hybridized carbons (Fsp3) is 0.818. The molecule has 2 rings (SSSR count). The number of rotatable bonds is 1. The van der Waals surface area contributed by atoms with Crippen molar-refractivity contribution < 1.29 is 0 Å². The van der Waals surface area contributed by atoms with Gasteiger partial charge in [0.2, 0.25) is 6.71 Å². The van der Waals surface area contributed by atoms with Gasteiger partial charge in [0.15, 0.2) is 0 Å². The zero-order chi connectivity index (χ0) is 8.98. The van der Waals surface area contributed by atoms with Crippen LogP contribution < -0.4 is 0 Å². The lowest BCUT2D eigenvalue weighted by atomic mass is 9.22. The van der Waals surface area contributed by atoms with Crippen molar-refractivity contribution in [1.29, 1.82) is 0 Å². The van der Waals surface area contributed by atoms with Crippen LogP contribution in [0.5, 0.6) is 0 Å². The van der Waals surface area contributed by atoms with Crippen molar-refractivity contribution in [3.8, 4) is 11.7 Å². The van der Waals surface area contributed by atoms with Crippen LogP contribution in [0.1, 0.15) is 33.6 Å². The lowest BCUT2D eigenvalue weighted by Gasteiger charge is -2.56. The first-order chi connectivity index (χ1) is 5.48. The second-order valence-electron chi connectivity index (χ2n) is 5.27.